The maximum Gasteiger partial charge on any atom is 0.203 e. The van der Waals surface area contributed by atoms with E-state index in [1.807, 2.05) is 19.2 Å². The van der Waals surface area contributed by atoms with Crippen LogP contribution < -0.4 is 5.32 Å². The minimum atomic E-state index is 0.198. The molecule has 2 heterocycles. The molecule has 2 rings (SSSR count). The van der Waals surface area contributed by atoms with Crippen molar-refractivity contribution in [1.29, 1.82) is 0 Å². The molecule has 0 saturated heterocycles. The highest BCUT2D eigenvalue weighted by atomic mass is 32.1. The predicted octanol–water partition coefficient (Wildman–Crippen LogP) is 2.86. The molecule has 0 fully saturated rings. The zero-order valence-electron chi connectivity index (χ0n) is 10.1. The molecular formula is C12H16N4S. The number of aryl methyl sites for hydroxylation is 1. The van der Waals surface area contributed by atoms with E-state index in [-0.39, 0.29) is 6.04 Å². The van der Waals surface area contributed by atoms with E-state index in [0.717, 1.165) is 16.6 Å². The van der Waals surface area contributed by atoms with E-state index in [2.05, 4.69) is 38.7 Å². The molecule has 1 unspecified atom stereocenters. The maximum absolute atomic E-state index is 4.51. The van der Waals surface area contributed by atoms with Crippen molar-refractivity contribution in [3.05, 3.63) is 41.1 Å². The molecule has 0 spiro atoms. The smallest absolute Gasteiger partial charge is 0.203 e. The normalized spacial score (nSPS) is 12.4. The molecule has 0 aliphatic rings. The van der Waals surface area contributed by atoms with Crippen molar-refractivity contribution in [3.8, 4) is 0 Å². The number of anilines is 1. The quantitative estimate of drug-likeness (QED) is 0.827. The third-order valence-electron chi connectivity index (χ3n) is 2.48. The second-order valence-corrected chi connectivity index (χ2v) is 4.72. The summed E-state index contributed by atoms with van der Waals surface area (Å²) in [4.78, 5) is 8.80. The zero-order valence-corrected chi connectivity index (χ0v) is 10.9. The highest BCUT2D eigenvalue weighted by Crippen LogP contribution is 2.24. The van der Waals surface area contributed by atoms with Crippen molar-refractivity contribution in [2.45, 2.75) is 19.9 Å². The third kappa shape index (κ3) is 2.55. The van der Waals surface area contributed by atoms with Gasteiger partial charge in [0.25, 0.3) is 0 Å². The Balaban J connectivity index is 2.21. The molecule has 0 bridgehead atoms. The molecule has 0 aliphatic heterocycles. The van der Waals surface area contributed by atoms with Gasteiger partial charge in [-0.3, -0.25) is 0 Å². The second-order valence-electron chi connectivity index (χ2n) is 3.83. The fourth-order valence-corrected chi connectivity index (χ4v) is 2.46. The lowest BCUT2D eigenvalue weighted by molar-refractivity contribution is 0.639. The van der Waals surface area contributed by atoms with Crippen LogP contribution in [0, 0.1) is 6.92 Å². The lowest BCUT2D eigenvalue weighted by atomic mass is 10.3. The summed E-state index contributed by atoms with van der Waals surface area (Å²) in [6.07, 6.45) is 5.58. The highest BCUT2D eigenvalue weighted by Gasteiger charge is 2.14. The molecule has 0 radical (unpaired) electrons. The van der Waals surface area contributed by atoms with Gasteiger partial charge < -0.3 is 9.88 Å². The van der Waals surface area contributed by atoms with Gasteiger partial charge in [0.05, 0.1) is 6.04 Å². The van der Waals surface area contributed by atoms with Crippen LogP contribution in [0.15, 0.2) is 30.4 Å². The summed E-state index contributed by atoms with van der Waals surface area (Å²) < 4.78 is 2.09. The van der Waals surface area contributed by atoms with Gasteiger partial charge in [-0.05, 0) is 13.8 Å². The summed E-state index contributed by atoms with van der Waals surface area (Å²) in [5.41, 5.74) is 1.07. The largest absolute Gasteiger partial charge is 0.352 e. The first kappa shape index (κ1) is 11.9. The summed E-state index contributed by atoms with van der Waals surface area (Å²) in [5, 5.41) is 6.38. The molecule has 2 aromatic rings. The number of hydrogen-bond donors (Lipinski definition) is 1. The Morgan fingerprint density at radius 2 is 2.47 bits per heavy atom. The third-order valence-corrected chi connectivity index (χ3v) is 3.62. The van der Waals surface area contributed by atoms with Crippen LogP contribution in [0.25, 0.3) is 0 Å². The van der Waals surface area contributed by atoms with Gasteiger partial charge in [0, 0.05) is 30.0 Å². The van der Waals surface area contributed by atoms with Gasteiger partial charge in [0.2, 0.25) is 5.95 Å². The van der Waals surface area contributed by atoms with Crippen LogP contribution in [-0.4, -0.2) is 21.1 Å². The van der Waals surface area contributed by atoms with E-state index < -0.39 is 0 Å². The highest BCUT2D eigenvalue weighted by molar-refractivity contribution is 7.09. The Bertz CT molecular complexity index is 500. The minimum absolute atomic E-state index is 0.198. The summed E-state index contributed by atoms with van der Waals surface area (Å²) >= 11 is 1.68. The molecule has 0 aliphatic carbocycles. The van der Waals surface area contributed by atoms with Gasteiger partial charge >= 0.3 is 0 Å². The summed E-state index contributed by atoms with van der Waals surface area (Å²) in [6, 6.07) is 0.198. The number of rotatable bonds is 5. The topological polar surface area (TPSA) is 42.7 Å². The number of hydrogen-bond acceptors (Lipinski definition) is 4. The molecule has 5 heteroatoms. The van der Waals surface area contributed by atoms with Crippen molar-refractivity contribution >= 4 is 17.3 Å². The second kappa shape index (κ2) is 5.14. The Kier molecular flexibility index (Phi) is 3.58. The fraction of sp³-hybridized carbons (Fsp3) is 0.333. The van der Waals surface area contributed by atoms with Crippen LogP contribution in [0.5, 0.6) is 0 Å². The first-order chi connectivity index (χ1) is 8.22. The van der Waals surface area contributed by atoms with E-state index in [1.54, 1.807) is 17.5 Å². The van der Waals surface area contributed by atoms with Gasteiger partial charge in [-0.1, -0.05) is 6.08 Å². The molecule has 1 atom stereocenters. The SMILES string of the molecule is C=CCNc1nccn1C(C)c1nc(C)cs1. The van der Waals surface area contributed by atoms with Gasteiger partial charge in [-0.25, -0.2) is 9.97 Å². The van der Waals surface area contributed by atoms with Crippen LogP contribution in [-0.2, 0) is 0 Å². The van der Waals surface area contributed by atoms with Crippen molar-refractivity contribution in [2.24, 2.45) is 0 Å². The van der Waals surface area contributed by atoms with Gasteiger partial charge in [0.1, 0.15) is 5.01 Å². The molecular weight excluding hydrogens is 232 g/mol. The zero-order chi connectivity index (χ0) is 12.3. The van der Waals surface area contributed by atoms with E-state index in [0.29, 0.717) is 6.54 Å². The molecule has 0 amide bonds. The average Bonchev–Trinajstić information content (AvgIpc) is 2.94. The molecule has 1 N–H and O–H groups in total. The number of nitrogens with zero attached hydrogens (tertiary/aromatic N) is 3. The lowest BCUT2D eigenvalue weighted by Gasteiger charge is -2.14. The molecule has 0 saturated carbocycles. The standard InChI is InChI=1S/C12H16N4S/c1-4-5-13-12-14-6-7-16(12)10(3)11-15-9(2)8-17-11/h4,6-8,10H,1,5H2,2-3H3,(H,13,14). The summed E-state index contributed by atoms with van der Waals surface area (Å²) in [7, 11) is 0. The van der Waals surface area contributed by atoms with Crippen molar-refractivity contribution in [2.75, 3.05) is 11.9 Å². The van der Waals surface area contributed by atoms with Crippen LogP contribution >= 0.6 is 11.3 Å². The van der Waals surface area contributed by atoms with Crippen LogP contribution in [0.1, 0.15) is 23.7 Å². The first-order valence-electron chi connectivity index (χ1n) is 5.52. The summed E-state index contributed by atoms with van der Waals surface area (Å²) in [6.45, 7) is 8.53. The molecule has 0 aromatic carbocycles. The first-order valence-corrected chi connectivity index (χ1v) is 6.40. The van der Waals surface area contributed by atoms with E-state index >= 15 is 0 Å². The number of thiazole rings is 1. The predicted molar refractivity (Wildman–Crippen MR) is 71.6 cm³/mol. The van der Waals surface area contributed by atoms with E-state index in [9.17, 15) is 0 Å². The van der Waals surface area contributed by atoms with Crippen LogP contribution in [0.2, 0.25) is 0 Å². The van der Waals surface area contributed by atoms with E-state index in [1.165, 1.54) is 0 Å². The van der Waals surface area contributed by atoms with Gasteiger partial charge in [-0.15, -0.1) is 17.9 Å². The van der Waals surface area contributed by atoms with Crippen molar-refractivity contribution in [3.63, 3.8) is 0 Å². The Morgan fingerprint density at radius 1 is 1.65 bits per heavy atom. The van der Waals surface area contributed by atoms with Crippen molar-refractivity contribution in [1.82, 2.24) is 14.5 Å². The average molecular weight is 248 g/mol. The number of aromatic nitrogens is 3. The Hall–Kier alpha value is -1.62. The number of nitrogens with one attached hydrogen (secondary N) is 1. The number of imidazole rings is 1. The van der Waals surface area contributed by atoms with E-state index in [4.69, 9.17) is 0 Å². The molecule has 2 aromatic heterocycles. The fourth-order valence-electron chi connectivity index (χ4n) is 1.61. The van der Waals surface area contributed by atoms with Crippen molar-refractivity contribution < 1.29 is 0 Å². The molecule has 17 heavy (non-hydrogen) atoms. The van der Waals surface area contributed by atoms with Crippen LogP contribution in [0.3, 0.4) is 0 Å². The monoisotopic (exact) mass is 248 g/mol. The Labute approximate surface area is 105 Å². The maximum atomic E-state index is 4.51. The lowest BCUT2D eigenvalue weighted by Crippen LogP contribution is -2.11. The van der Waals surface area contributed by atoms with Gasteiger partial charge in [-0.2, -0.15) is 0 Å². The minimum Gasteiger partial charge on any atom is -0.352 e. The molecule has 4 nitrogen and oxygen atoms in total. The Morgan fingerprint density at radius 3 is 3.12 bits per heavy atom. The van der Waals surface area contributed by atoms with Crippen LogP contribution in [0.4, 0.5) is 5.95 Å². The summed E-state index contributed by atoms with van der Waals surface area (Å²) in [5.74, 6) is 0.852. The van der Waals surface area contributed by atoms with Gasteiger partial charge in [0.15, 0.2) is 0 Å². The molecule has 90 valence electrons.